The van der Waals surface area contributed by atoms with Gasteiger partial charge in [-0.25, -0.2) is 0 Å². The Bertz CT molecular complexity index is 559. The molecule has 2 N–H and O–H groups in total. The lowest BCUT2D eigenvalue weighted by molar-refractivity contribution is -0.143. The molecule has 0 radical (unpaired) electrons. The molecule has 2 fully saturated rings. The summed E-state index contributed by atoms with van der Waals surface area (Å²) in [5.74, 6) is -0.672. The van der Waals surface area contributed by atoms with Crippen LogP contribution in [-0.2, 0) is 9.53 Å². The zero-order chi connectivity index (χ0) is 14.9. The molecule has 1 aliphatic heterocycles. The second-order valence-electron chi connectivity index (χ2n) is 5.95. The fourth-order valence-corrected chi connectivity index (χ4v) is 2.70. The summed E-state index contributed by atoms with van der Waals surface area (Å²) in [7, 11) is 0. The number of carbonyl (C=O) groups excluding carboxylic acids is 1. The first-order chi connectivity index (χ1) is 10.1. The summed E-state index contributed by atoms with van der Waals surface area (Å²) in [6, 6.07) is 7.52. The van der Waals surface area contributed by atoms with Gasteiger partial charge in [0.2, 0.25) is 0 Å². The molecule has 3 rings (SSSR count). The van der Waals surface area contributed by atoms with E-state index < -0.39 is 11.4 Å². The lowest BCUT2D eigenvalue weighted by atomic mass is 9.96. The summed E-state index contributed by atoms with van der Waals surface area (Å²) in [4.78, 5) is 23.3. The van der Waals surface area contributed by atoms with Crippen LogP contribution in [0.1, 0.15) is 41.1 Å². The second kappa shape index (κ2) is 5.48. The van der Waals surface area contributed by atoms with E-state index in [1.807, 2.05) is 18.2 Å². The Morgan fingerprint density at radius 1 is 1.38 bits per heavy atom. The Morgan fingerprint density at radius 2 is 2.19 bits per heavy atom. The summed E-state index contributed by atoms with van der Waals surface area (Å²) >= 11 is 0. The highest BCUT2D eigenvalue weighted by atomic mass is 16.5. The summed E-state index contributed by atoms with van der Waals surface area (Å²) < 4.78 is 5.37. The normalized spacial score (nSPS) is 22.8. The minimum Gasteiger partial charge on any atom is -0.481 e. The maximum absolute atomic E-state index is 12.2. The molecule has 21 heavy (non-hydrogen) atoms. The predicted molar refractivity (Wildman–Crippen MR) is 76.3 cm³/mol. The van der Waals surface area contributed by atoms with Gasteiger partial charge in [0, 0.05) is 24.6 Å². The molecule has 1 unspecified atom stereocenters. The monoisotopic (exact) mass is 289 g/mol. The molecule has 1 amide bonds. The number of hydrogen-bond acceptors (Lipinski definition) is 3. The molecule has 1 atom stereocenters. The average Bonchev–Trinajstić information content (AvgIpc) is 3.09. The van der Waals surface area contributed by atoms with Crippen molar-refractivity contribution in [2.45, 2.75) is 25.2 Å². The molecule has 0 bridgehead atoms. The highest BCUT2D eigenvalue weighted by molar-refractivity contribution is 5.94. The second-order valence-corrected chi connectivity index (χ2v) is 5.95. The largest absolute Gasteiger partial charge is 0.481 e. The Balaban J connectivity index is 1.64. The smallest absolute Gasteiger partial charge is 0.311 e. The molecule has 5 nitrogen and oxygen atoms in total. The Labute approximate surface area is 123 Å². The highest BCUT2D eigenvalue weighted by Crippen LogP contribution is 2.45. The highest BCUT2D eigenvalue weighted by Gasteiger charge is 2.50. The molecule has 1 aliphatic carbocycles. The van der Waals surface area contributed by atoms with Gasteiger partial charge in [0.15, 0.2) is 0 Å². The van der Waals surface area contributed by atoms with Crippen molar-refractivity contribution in [2.24, 2.45) is 5.41 Å². The van der Waals surface area contributed by atoms with Gasteiger partial charge in [-0.15, -0.1) is 0 Å². The third-order valence-corrected chi connectivity index (χ3v) is 4.44. The number of rotatable bonds is 5. The topological polar surface area (TPSA) is 75.6 Å². The molecule has 1 saturated heterocycles. The van der Waals surface area contributed by atoms with Crippen molar-refractivity contribution in [3.63, 3.8) is 0 Å². The van der Waals surface area contributed by atoms with Gasteiger partial charge in [-0.1, -0.05) is 12.1 Å². The van der Waals surface area contributed by atoms with E-state index in [0.29, 0.717) is 30.9 Å². The van der Waals surface area contributed by atoms with Gasteiger partial charge in [0.1, 0.15) is 0 Å². The SMILES string of the molecule is O=C(NCC1(C(=O)O)CC1)c1cccc(C2CCOC2)c1. The minimum atomic E-state index is -0.820. The lowest BCUT2D eigenvalue weighted by Gasteiger charge is -2.13. The van der Waals surface area contributed by atoms with Gasteiger partial charge in [-0.3, -0.25) is 9.59 Å². The molecular weight excluding hydrogens is 270 g/mol. The first-order valence-corrected chi connectivity index (χ1v) is 7.30. The van der Waals surface area contributed by atoms with Gasteiger partial charge in [0.05, 0.1) is 12.0 Å². The molecular formula is C16H19NO4. The zero-order valence-electron chi connectivity index (χ0n) is 11.8. The van der Waals surface area contributed by atoms with Crippen LogP contribution in [0.5, 0.6) is 0 Å². The summed E-state index contributed by atoms with van der Waals surface area (Å²) in [5.41, 5.74) is 0.965. The van der Waals surface area contributed by atoms with Gasteiger partial charge in [-0.05, 0) is 37.0 Å². The van der Waals surface area contributed by atoms with Gasteiger partial charge < -0.3 is 15.2 Å². The van der Waals surface area contributed by atoms with Crippen LogP contribution in [0.15, 0.2) is 24.3 Å². The number of nitrogens with one attached hydrogen (secondary N) is 1. The van der Waals surface area contributed by atoms with Gasteiger partial charge >= 0.3 is 5.97 Å². The van der Waals surface area contributed by atoms with Crippen molar-refractivity contribution < 1.29 is 19.4 Å². The van der Waals surface area contributed by atoms with Crippen molar-refractivity contribution >= 4 is 11.9 Å². The van der Waals surface area contributed by atoms with E-state index in [4.69, 9.17) is 9.84 Å². The average molecular weight is 289 g/mol. The van der Waals surface area contributed by atoms with E-state index >= 15 is 0 Å². The Hall–Kier alpha value is -1.88. The van der Waals surface area contributed by atoms with Crippen molar-refractivity contribution in [3.8, 4) is 0 Å². The third kappa shape index (κ3) is 2.93. The van der Waals surface area contributed by atoms with Crippen LogP contribution in [0.25, 0.3) is 0 Å². The van der Waals surface area contributed by atoms with Crippen molar-refractivity contribution in [3.05, 3.63) is 35.4 Å². The molecule has 0 spiro atoms. The number of aliphatic carboxylic acids is 1. The summed E-state index contributed by atoms with van der Waals surface area (Å²) in [5, 5.41) is 11.9. The van der Waals surface area contributed by atoms with Crippen molar-refractivity contribution in [1.29, 1.82) is 0 Å². The predicted octanol–water partition coefficient (Wildman–Crippen LogP) is 1.79. The molecule has 1 heterocycles. The van der Waals surface area contributed by atoms with E-state index in [1.165, 1.54) is 0 Å². The van der Waals surface area contributed by atoms with Crippen LogP contribution >= 0.6 is 0 Å². The maximum atomic E-state index is 12.2. The van der Waals surface area contributed by atoms with E-state index in [-0.39, 0.29) is 12.5 Å². The molecule has 1 aromatic carbocycles. The zero-order valence-corrected chi connectivity index (χ0v) is 11.8. The number of carboxylic acids is 1. The number of ether oxygens (including phenoxy) is 1. The number of hydrogen-bond donors (Lipinski definition) is 2. The fourth-order valence-electron chi connectivity index (χ4n) is 2.70. The van der Waals surface area contributed by atoms with Crippen molar-refractivity contribution in [1.82, 2.24) is 5.32 Å². The maximum Gasteiger partial charge on any atom is 0.311 e. The molecule has 5 heteroatoms. The van der Waals surface area contributed by atoms with Crippen LogP contribution in [0.3, 0.4) is 0 Å². The molecule has 1 saturated carbocycles. The summed E-state index contributed by atoms with van der Waals surface area (Å²) in [6.45, 7) is 1.67. The molecule has 0 aromatic heterocycles. The van der Waals surface area contributed by atoms with Crippen molar-refractivity contribution in [2.75, 3.05) is 19.8 Å². The van der Waals surface area contributed by atoms with Gasteiger partial charge in [-0.2, -0.15) is 0 Å². The number of carboxylic acid groups (broad SMARTS) is 1. The Kier molecular flexibility index (Phi) is 3.68. The molecule has 1 aromatic rings. The van der Waals surface area contributed by atoms with E-state index in [1.54, 1.807) is 6.07 Å². The van der Waals surface area contributed by atoms with E-state index in [2.05, 4.69) is 5.32 Å². The first-order valence-electron chi connectivity index (χ1n) is 7.30. The van der Waals surface area contributed by atoms with E-state index in [9.17, 15) is 9.59 Å². The first kappa shape index (κ1) is 14.1. The Morgan fingerprint density at radius 3 is 2.81 bits per heavy atom. The number of amides is 1. The molecule has 2 aliphatic rings. The number of benzene rings is 1. The quantitative estimate of drug-likeness (QED) is 0.866. The van der Waals surface area contributed by atoms with Crippen LogP contribution in [0.2, 0.25) is 0 Å². The standard InChI is InChI=1S/C16H19NO4/c18-14(17-10-16(5-6-16)15(19)20)12-3-1-2-11(8-12)13-4-7-21-9-13/h1-3,8,13H,4-7,9-10H2,(H,17,18)(H,19,20). The molecule has 112 valence electrons. The summed E-state index contributed by atoms with van der Waals surface area (Å²) in [6.07, 6.45) is 2.26. The van der Waals surface area contributed by atoms with Crippen LogP contribution in [0, 0.1) is 5.41 Å². The fraction of sp³-hybridized carbons (Fsp3) is 0.500. The van der Waals surface area contributed by atoms with E-state index in [0.717, 1.165) is 18.6 Å². The lowest BCUT2D eigenvalue weighted by Crippen LogP contribution is -2.34. The van der Waals surface area contributed by atoms with Gasteiger partial charge in [0.25, 0.3) is 5.91 Å². The van der Waals surface area contributed by atoms with Crippen LogP contribution < -0.4 is 5.32 Å². The minimum absolute atomic E-state index is 0.205. The number of carbonyl (C=O) groups is 2. The van der Waals surface area contributed by atoms with Crippen LogP contribution in [0.4, 0.5) is 0 Å². The third-order valence-electron chi connectivity index (χ3n) is 4.44. The van der Waals surface area contributed by atoms with Crippen LogP contribution in [-0.4, -0.2) is 36.7 Å².